The second kappa shape index (κ2) is 8.67. The number of aryl methyl sites for hydroxylation is 1. The van der Waals surface area contributed by atoms with Crippen LogP contribution in [0.15, 0.2) is 70.2 Å². The predicted molar refractivity (Wildman–Crippen MR) is 116 cm³/mol. The highest BCUT2D eigenvalue weighted by molar-refractivity contribution is 6.30. The molecule has 156 valence electrons. The van der Waals surface area contributed by atoms with Crippen molar-refractivity contribution in [3.05, 3.63) is 94.0 Å². The number of aromatic nitrogens is 1. The minimum atomic E-state index is -0.485. The summed E-state index contributed by atoms with van der Waals surface area (Å²) in [5.41, 5.74) is 2.36. The third-order valence-electron chi connectivity index (χ3n) is 4.61. The Bertz CT molecular complexity index is 1350. The minimum Gasteiger partial charge on any atom is -0.436 e. The molecule has 0 fully saturated rings. The Kier molecular flexibility index (Phi) is 5.79. The molecule has 0 unspecified atom stereocenters. The molecule has 6 nitrogen and oxygen atoms in total. The van der Waals surface area contributed by atoms with Gasteiger partial charge < -0.3 is 14.8 Å². The topological polar surface area (TPSA) is 87.7 Å². The van der Waals surface area contributed by atoms with Gasteiger partial charge in [-0.05, 0) is 55.5 Å². The van der Waals surface area contributed by atoms with Gasteiger partial charge in [-0.25, -0.2) is 9.38 Å². The van der Waals surface area contributed by atoms with E-state index in [4.69, 9.17) is 16.0 Å². The van der Waals surface area contributed by atoms with E-state index in [2.05, 4.69) is 15.3 Å². The van der Waals surface area contributed by atoms with Crippen LogP contribution in [0.25, 0.3) is 11.0 Å². The van der Waals surface area contributed by atoms with Crippen LogP contribution in [0, 0.1) is 12.7 Å². The first-order valence-corrected chi connectivity index (χ1v) is 9.73. The van der Waals surface area contributed by atoms with Crippen LogP contribution < -0.4 is 10.9 Å². The van der Waals surface area contributed by atoms with E-state index >= 15 is 0 Å². The Hall–Kier alpha value is -3.55. The molecule has 0 saturated carbocycles. The first-order valence-electron chi connectivity index (χ1n) is 9.35. The Morgan fingerprint density at radius 1 is 1.23 bits per heavy atom. The molecule has 8 heteroatoms. The van der Waals surface area contributed by atoms with Crippen molar-refractivity contribution in [2.75, 3.05) is 5.32 Å². The number of anilines is 1. The monoisotopic (exact) mass is 437 g/mol. The summed E-state index contributed by atoms with van der Waals surface area (Å²) in [5, 5.41) is 13.5. The van der Waals surface area contributed by atoms with E-state index in [1.54, 1.807) is 43.3 Å². The smallest absolute Gasteiger partial charge is 0.261 e. The molecule has 1 amide bonds. The first-order chi connectivity index (χ1) is 14.9. The van der Waals surface area contributed by atoms with Crippen molar-refractivity contribution in [1.82, 2.24) is 4.98 Å². The predicted octanol–water partition coefficient (Wildman–Crippen LogP) is 4.91. The maximum Gasteiger partial charge on any atom is 0.261 e. The quantitative estimate of drug-likeness (QED) is 0.475. The molecule has 2 N–H and O–H groups in total. The lowest BCUT2D eigenvalue weighted by atomic mass is 10.1. The summed E-state index contributed by atoms with van der Waals surface area (Å²) < 4.78 is 19.6. The van der Waals surface area contributed by atoms with Gasteiger partial charge in [-0.15, -0.1) is 0 Å². The van der Waals surface area contributed by atoms with Gasteiger partial charge in [0.05, 0.1) is 18.0 Å². The van der Waals surface area contributed by atoms with E-state index in [-0.39, 0.29) is 23.4 Å². The largest absolute Gasteiger partial charge is 0.436 e. The maximum absolute atomic E-state index is 13.6. The van der Waals surface area contributed by atoms with Crippen molar-refractivity contribution in [1.29, 1.82) is 0 Å². The van der Waals surface area contributed by atoms with Gasteiger partial charge >= 0.3 is 0 Å². The van der Waals surface area contributed by atoms with Crippen LogP contribution in [0.3, 0.4) is 0 Å². The minimum absolute atomic E-state index is 0.00967. The molecule has 4 rings (SSSR count). The molecule has 0 spiro atoms. The van der Waals surface area contributed by atoms with Crippen LogP contribution in [-0.4, -0.2) is 16.0 Å². The number of pyridine rings is 1. The normalized spacial score (nSPS) is 11.7. The molecular weight excluding hydrogens is 421 g/mol. The molecule has 0 radical (unpaired) electrons. The number of nitrogens with zero attached hydrogens (tertiary/aromatic N) is 2. The fraction of sp³-hybridized carbons (Fsp3) is 0.0870. The highest BCUT2D eigenvalue weighted by Gasteiger charge is 2.16. The van der Waals surface area contributed by atoms with Crippen LogP contribution in [0.1, 0.15) is 21.6 Å². The zero-order valence-corrected chi connectivity index (χ0v) is 17.2. The molecule has 0 saturated heterocycles. The molecule has 0 aliphatic rings. The SMILES string of the molecule is Cc1ncc(CO)c2cc(C(=O)Nc3ccc(Cl)cc3)c(=Nc3cccc(F)c3)oc12. The number of carbonyl (C=O) groups excluding carboxylic acids is 1. The van der Waals surface area contributed by atoms with Crippen LogP contribution in [0.4, 0.5) is 15.8 Å². The van der Waals surface area contributed by atoms with Crippen molar-refractivity contribution >= 4 is 39.9 Å². The third kappa shape index (κ3) is 4.47. The number of carbonyl (C=O) groups is 1. The number of amides is 1. The summed E-state index contributed by atoms with van der Waals surface area (Å²) in [6.45, 7) is 1.46. The van der Waals surface area contributed by atoms with Crippen molar-refractivity contribution in [2.45, 2.75) is 13.5 Å². The van der Waals surface area contributed by atoms with Crippen molar-refractivity contribution in [3.63, 3.8) is 0 Å². The number of aliphatic hydroxyl groups excluding tert-OH is 1. The zero-order chi connectivity index (χ0) is 22.0. The molecule has 0 aliphatic carbocycles. The molecule has 0 bridgehead atoms. The highest BCUT2D eigenvalue weighted by Crippen LogP contribution is 2.22. The average Bonchev–Trinajstić information content (AvgIpc) is 2.75. The van der Waals surface area contributed by atoms with Gasteiger partial charge in [-0.1, -0.05) is 17.7 Å². The second-order valence-corrected chi connectivity index (χ2v) is 7.22. The molecule has 0 atom stereocenters. The summed E-state index contributed by atoms with van der Waals surface area (Å²) in [6.07, 6.45) is 1.53. The molecule has 2 aromatic carbocycles. The Morgan fingerprint density at radius 2 is 2.00 bits per heavy atom. The lowest BCUT2D eigenvalue weighted by Crippen LogP contribution is -2.22. The molecular formula is C23H17ClFN3O3. The summed E-state index contributed by atoms with van der Waals surface area (Å²) in [5.74, 6) is -0.948. The summed E-state index contributed by atoms with van der Waals surface area (Å²) in [4.78, 5) is 21.7. The van der Waals surface area contributed by atoms with E-state index < -0.39 is 11.7 Å². The Labute approximate surface area is 181 Å². The fourth-order valence-electron chi connectivity index (χ4n) is 3.05. The second-order valence-electron chi connectivity index (χ2n) is 6.79. The number of aliphatic hydroxyl groups is 1. The van der Waals surface area contributed by atoms with Crippen molar-refractivity contribution in [3.8, 4) is 0 Å². The first kappa shape index (κ1) is 20.7. The van der Waals surface area contributed by atoms with E-state index in [1.807, 2.05) is 0 Å². The lowest BCUT2D eigenvalue weighted by Gasteiger charge is -2.10. The van der Waals surface area contributed by atoms with E-state index in [9.17, 15) is 14.3 Å². The fourth-order valence-corrected chi connectivity index (χ4v) is 3.18. The molecule has 2 heterocycles. The van der Waals surface area contributed by atoms with Crippen LogP contribution in [0.2, 0.25) is 5.02 Å². The molecule has 4 aromatic rings. The van der Waals surface area contributed by atoms with Gasteiger partial charge in [0.2, 0.25) is 5.55 Å². The summed E-state index contributed by atoms with van der Waals surface area (Å²) >= 11 is 5.90. The van der Waals surface area contributed by atoms with Gasteiger partial charge in [-0.2, -0.15) is 0 Å². The number of nitrogens with one attached hydrogen (secondary N) is 1. The van der Waals surface area contributed by atoms with E-state index in [1.165, 1.54) is 24.4 Å². The molecule has 0 aliphatic heterocycles. The standard InChI is InChI=1S/C23H17ClFN3O3/c1-13-21-19(14(12-29)11-26-13)10-20(22(30)27-17-7-5-15(24)6-8-17)23(31-21)28-18-4-2-3-16(25)9-18/h2-11,29H,12H2,1H3,(H,27,30). The lowest BCUT2D eigenvalue weighted by molar-refractivity contribution is 0.102. The number of halogens is 2. The average molecular weight is 438 g/mol. The molecule has 31 heavy (non-hydrogen) atoms. The van der Waals surface area contributed by atoms with Crippen molar-refractivity contribution in [2.24, 2.45) is 4.99 Å². The summed E-state index contributed by atoms with van der Waals surface area (Å²) in [7, 11) is 0. The summed E-state index contributed by atoms with van der Waals surface area (Å²) in [6, 6.07) is 13.9. The van der Waals surface area contributed by atoms with Crippen molar-refractivity contribution < 1.29 is 18.7 Å². The maximum atomic E-state index is 13.6. The van der Waals surface area contributed by atoms with Gasteiger partial charge in [-0.3, -0.25) is 9.78 Å². The number of rotatable bonds is 4. The van der Waals surface area contributed by atoms with Gasteiger partial charge in [0.15, 0.2) is 5.58 Å². The number of hydrogen-bond acceptors (Lipinski definition) is 5. The third-order valence-corrected chi connectivity index (χ3v) is 4.86. The van der Waals surface area contributed by atoms with Gasteiger partial charge in [0.25, 0.3) is 5.91 Å². The molecule has 2 aromatic heterocycles. The van der Waals surface area contributed by atoms with Crippen LogP contribution in [-0.2, 0) is 6.61 Å². The van der Waals surface area contributed by atoms with Crippen LogP contribution in [0.5, 0.6) is 0 Å². The number of hydrogen-bond donors (Lipinski definition) is 2. The zero-order valence-electron chi connectivity index (χ0n) is 16.4. The van der Waals surface area contributed by atoms with Gasteiger partial charge in [0, 0.05) is 27.9 Å². The highest BCUT2D eigenvalue weighted by atomic mass is 35.5. The van der Waals surface area contributed by atoms with E-state index in [0.717, 1.165) is 0 Å². The number of fused-ring (bicyclic) bond motifs is 1. The van der Waals surface area contributed by atoms with Crippen LogP contribution >= 0.6 is 11.6 Å². The van der Waals surface area contributed by atoms with Gasteiger partial charge in [0.1, 0.15) is 11.4 Å². The number of benzene rings is 2. The Morgan fingerprint density at radius 3 is 2.71 bits per heavy atom. The Balaban J connectivity index is 1.92. The van der Waals surface area contributed by atoms with E-state index in [0.29, 0.717) is 32.9 Å².